The topological polar surface area (TPSA) is 114 Å². The van der Waals surface area contributed by atoms with Gasteiger partial charge in [-0.3, -0.25) is 10.1 Å². The number of rotatable bonds is 11. The lowest BCUT2D eigenvalue weighted by molar-refractivity contribution is -0.387. The number of thioether (sulfide) groups is 1. The zero-order valence-electron chi connectivity index (χ0n) is 21.4. The molecule has 0 saturated heterocycles. The Hall–Kier alpha value is -4.10. The van der Waals surface area contributed by atoms with E-state index in [0.29, 0.717) is 12.9 Å². The summed E-state index contributed by atoms with van der Waals surface area (Å²) in [5.41, 5.74) is -4.21. The minimum Gasteiger partial charge on any atom is -0.497 e. The second-order valence-electron chi connectivity index (χ2n) is 8.13. The highest BCUT2D eigenvalue weighted by molar-refractivity contribution is 7.99. The maximum absolute atomic E-state index is 14.5. The fraction of sp³-hybridized carbons (Fsp3) is 0.259. The van der Waals surface area contributed by atoms with Crippen LogP contribution in [-0.4, -0.2) is 50.5 Å². The Labute approximate surface area is 231 Å². The van der Waals surface area contributed by atoms with Crippen LogP contribution in [-0.2, 0) is 29.4 Å². The second kappa shape index (κ2) is 12.8. The van der Waals surface area contributed by atoms with E-state index in [-0.39, 0.29) is 16.1 Å². The third-order valence-electron chi connectivity index (χ3n) is 5.88. The van der Waals surface area contributed by atoms with E-state index in [0.717, 1.165) is 31.0 Å². The van der Waals surface area contributed by atoms with Gasteiger partial charge in [-0.05, 0) is 23.8 Å². The van der Waals surface area contributed by atoms with Crippen LogP contribution in [0.15, 0.2) is 83.8 Å². The number of nitro groups is 1. The van der Waals surface area contributed by atoms with Crippen LogP contribution in [0.4, 0.5) is 18.9 Å². The largest absolute Gasteiger partial charge is 0.497 e. The molecule has 0 aromatic heterocycles. The van der Waals surface area contributed by atoms with Crippen molar-refractivity contribution < 1.29 is 46.6 Å². The number of alkyl halides is 3. The van der Waals surface area contributed by atoms with Crippen LogP contribution in [0.3, 0.4) is 0 Å². The Bertz CT molecular complexity index is 1340. The minimum absolute atomic E-state index is 0.0650. The molecule has 0 amide bonds. The Morgan fingerprint density at radius 1 is 0.900 bits per heavy atom. The van der Waals surface area contributed by atoms with Crippen LogP contribution >= 0.6 is 11.8 Å². The molecule has 40 heavy (non-hydrogen) atoms. The lowest BCUT2D eigenvalue weighted by atomic mass is 9.92. The van der Waals surface area contributed by atoms with Crippen molar-refractivity contribution in [2.24, 2.45) is 0 Å². The van der Waals surface area contributed by atoms with Gasteiger partial charge in [0.05, 0.1) is 29.3 Å². The zero-order valence-corrected chi connectivity index (χ0v) is 22.2. The van der Waals surface area contributed by atoms with Crippen molar-refractivity contribution in [3.05, 3.63) is 100 Å². The molecule has 0 unspecified atom stereocenters. The number of nitrogens with zero attached hydrogens (tertiary/aromatic N) is 1. The lowest BCUT2D eigenvalue weighted by Crippen LogP contribution is -2.53. The van der Waals surface area contributed by atoms with Gasteiger partial charge in [0.1, 0.15) is 5.75 Å². The molecule has 0 aliphatic heterocycles. The average molecular weight is 580 g/mol. The molecule has 0 spiro atoms. The molecule has 0 fully saturated rings. The molecule has 0 heterocycles. The van der Waals surface area contributed by atoms with Crippen molar-refractivity contribution in [2.45, 2.75) is 28.0 Å². The lowest BCUT2D eigenvalue weighted by Gasteiger charge is -2.34. The quantitative estimate of drug-likeness (QED) is 0.123. The maximum Gasteiger partial charge on any atom is 0.432 e. The monoisotopic (exact) mass is 579 g/mol. The van der Waals surface area contributed by atoms with Gasteiger partial charge in [-0.15, -0.1) is 11.8 Å². The Morgan fingerprint density at radius 3 is 2.02 bits per heavy atom. The number of halogens is 3. The summed E-state index contributed by atoms with van der Waals surface area (Å²) in [6, 6.07) is 17.6. The molecule has 212 valence electrons. The van der Waals surface area contributed by atoms with Crippen LogP contribution in [0.2, 0.25) is 0 Å². The first kappa shape index (κ1) is 30.4. The van der Waals surface area contributed by atoms with E-state index in [1.807, 2.05) is 0 Å². The Balaban J connectivity index is 2.16. The molecule has 0 aliphatic rings. The smallest absolute Gasteiger partial charge is 0.432 e. The van der Waals surface area contributed by atoms with E-state index in [1.54, 1.807) is 0 Å². The summed E-state index contributed by atoms with van der Waals surface area (Å²) >= 11 is 0.743. The van der Waals surface area contributed by atoms with Gasteiger partial charge in [0, 0.05) is 18.7 Å². The van der Waals surface area contributed by atoms with Crippen LogP contribution in [0.25, 0.3) is 0 Å². The molecule has 0 bridgehead atoms. The van der Waals surface area contributed by atoms with Gasteiger partial charge >= 0.3 is 18.1 Å². The highest BCUT2D eigenvalue weighted by atomic mass is 32.2. The van der Waals surface area contributed by atoms with Gasteiger partial charge in [-0.2, -0.15) is 13.2 Å². The third kappa shape index (κ3) is 6.20. The normalized spacial score (nSPS) is 14.3. The number of hydrogen-bond donors (Lipinski definition) is 0. The number of nitro benzene ring substituents is 1. The van der Waals surface area contributed by atoms with E-state index < -0.39 is 45.6 Å². The molecule has 0 N–H and O–H groups in total. The van der Waals surface area contributed by atoms with Crippen LogP contribution in [0, 0.1) is 10.1 Å². The fourth-order valence-electron chi connectivity index (χ4n) is 3.88. The SMILES string of the molecule is COC(=O)[C@@H](OC(=O)[C@](OC)(c1ccccc1)C(F)(F)F)[C@H](Sc1ccccc1[N+](=O)[O-])c1ccc(OC)cc1. The number of benzene rings is 3. The third-order valence-corrected chi connectivity index (χ3v) is 7.25. The van der Waals surface area contributed by atoms with Crippen molar-refractivity contribution in [3.8, 4) is 5.75 Å². The van der Waals surface area contributed by atoms with E-state index >= 15 is 0 Å². The van der Waals surface area contributed by atoms with Gasteiger partial charge in [0.2, 0.25) is 6.10 Å². The summed E-state index contributed by atoms with van der Waals surface area (Å²) in [5.74, 6) is -2.70. The molecule has 0 saturated carbocycles. The average Bonchev–Trinajstić information content (AvgIpc) is 2.95. The number of esters is 2. The molecule has 3 aromatic rings. The Kier molecular flexibility index (Phi) is 9.77. The number of hydrogen-bond acceptors (Lipinski definition) is 9. The van der Waals surface area contributed by atoms with Gasteiger partial charge in [0.25, 0.3) is 11.3 Å². The van der Waals surface area contributed by atoms with Gasteiger partial charge in [0.15, 0.2) is 0 Å². The van der Waals surface area contributed by atoms with Crippen LogP contribution < -0.4 is 4.74 Å². The van der Waals surface area contributed by atoms with Crippen LogP contribution in [0.1, 0.15) is 16.4 Å². The highest BCUT2D eigenvalue weighted by Gasteiger charge is 2.64. The number of carbonyl (C=O) groups is 2. The second-order valence-corrected chi connectivity index (χ2v) is 9.32. The molecule has 0 aliphatic carbocycles. The van der Waals surface area contributed by atoms with Crippen LogP contribution in [0.5, 0.6) is 5.75 Å². The highest BCUT2D eigenvalue weighted by Crippen LogP contribution is 2.46. The summed E-state index contributed by atoms with van der Waals surface area (Å²) < 4.78 is 63.6. The summed E-state index contributed by atoms with van der Waals surface area (Å²) in [6.07, 6.45) is -7.29. The van der Waals surface area contributed by atoms with Crippen molar-refractivity contribution in [2.75, 3.05) is 21.3 Å². The van der Waals surface area contributed by atoms with Gasteiger partial charge < -0.3 is 18.9 Å². The summed E-state index contributed by atoms with van der Waals surface area (Å²) in [5, 5.41) is 10.4. The van der Waals surface area contributed by atoms with E-state index in [9.17, 15) is 32.9 Å². The molecule has 3 atom stereocenters. The standard InChI is InChI=1S/C27H24F3NO8S/c1-36-19-15-13-17(14-16-19)23(40-21-12-8-7-11-20(21)31(34)35)22(24(32)37-2)39-25(33)26(38-3,27(28,29)30)18-9-5-4-6-10-18/h4-16,22-23H,1-3H3/t22-,23+,26+/m0/s1. The summed E-state index contributed by atoms with van der Waals surface area (Å²) in [7, 11) is 3.07. The minimum atomic E-state index is -5.30. The molecule has 3 rings (SSSR count). The maximum atomic E-state index is 14.5. The van der Waals surface area contributed by atoms with E-state index in [1.165, 1.54) is 73.8 Å². The molecule has 9 nitrogen and oxygen atoms in total. The predicted octanol–water partition coefficient (Wildman–Crippen LogP) is 5.63. The van der Waals surface area contributed by atoms with Gasteiger partial charge in [-0.1, -0.05) is 54.6 Å². The number of methoxy groups -OCH3 is 3. The first-order valence-electron chi connectivity index (χ1n) is 11.5. The zero-order chi connectivity index (χ0) is 29.5. The Morgan fingerprint density at radius 2 is 1.50 bits per heavy atom. The van der Waals surface area contributed by atoms with Crippen molar-refractivity contribution in [1.29, 1.82) is 0 Å². The molecular formula is C27H24F3NO8S. The first-order chi connectivity index (χ1) is 19.0. The summed E-state index contributed by atoms with van der Waals surface area (Å²) in [6.45, 7) is 0. The molecule has 0 radical (unpaired) electrons. The molecule has 13 heteroatoms. The van der Waals surface area contributed by atoms with E-state index in [2.05, 4.69) is 0 Å². The van der Waals surface area contributed by atoms with Gasteiger partial charge in [-0.25, -0.2) is 9.59 Å². The number of ether oxygens (including phenoxy) is 4. The molecular weight excluding hydrogens is 555 g/mol. The predicted molar refractivity (Wildman–Crippen MR) is 138 cm³/mol. The van der Waals surface area contributed by atoms with Crippen molar-refractivity contribution >= 4 is 29.4 Å². The summed E-state index contributed by atoms with van der Waals surface area (Å²) in [4.78, 5) is 37.5. The fourth-order valence-corrected chi connectivity index (χ4v) is 5.16. The van der Waals surface area contributed by atoms with Crippen molar-refractivity contribution in [1.82, 2.24) is 0 Å². The van der Waals surface area contributed by atoms with Crippen molar-refractivity contribution in [3.63, 3.8) is 0 Å². The molecule has 3 aromatic carbocycles. The number of carbonyl (C=O) groups excluding carboxylic acids is 2. The first-order valence-corrected chi connectivity index (χ1v) is 12.4. The number of para-hydroxylation sites is 1. The van der Waals surface area contributed by atoms with E-state index in [4.69, 9.17) is 18.9 Å².